The molecule has 7 heteroatoms. The lowest BCUT2D eigenvalue weighted by atomic mass is 9.47. The molecule has 0 spiro atoms. The maximum absolute atomic E-state index is 12.6. The smallest absolute Gasteiger partial charge is 0.340 e. The van der Waals surface area contributed by atoms with Gasteiger partial charge in [-0.15, -0.1) is 0 Å². The zero-order chi connectivity index (χ0) is 22.1. The maximum atomic E-state index is 12.6. The van der Waals surface area contributed by atoms with Crippen molar-refractivity contribution in [2.75, 3.05) is 20.3 Å². The molecule has 0 aromatic rings. The SMILES string of the molecule is C=C1CCC2[C@@](C)(CCC(=O)[C@@]2(C)C=O)C1C=C(NCC(=O)OC)C1=CCOC1=O. The summed E-state index contributed by atoms with van der Waals surface area (Å²) in [7, 11) is 1.30. The number of cyclic esters (lactones) is 1. The molecule has 1 aliphatic heterocycles. The van der Waals surface area contributed by atoms with Crippen molar-refractivity contribution >= 4 is 24.0 Å². The van der Waals surface area contributed by atoms with Crippen molar-refractivity contribution in [1.29, 1.82) is 0 Å². The fourth-order valence-corrected chi connectivity index (χ4v) is 5.35. The number of Topliss-reactive ketones (excluding diaryl/α,β-unsaturated/α-hetero) is 1. The van der Waals surface area contributed by atoms with Crippen molar-refractivity contribution in [1.82, 2.24) is 5.32 Å². The second kappa shape index (κ2) is 8.20. The molecule has 2 aliphatic carbocycles. The van der Waals surface area contributed by atoms with E-state index in [1.54, 1.807) is 13.0 Å². The van der Waals surface area contributed by atoms with Gasteiger partial charge in [0.1, 0.15) is 25.2 Å². The summed E-state index contributed by atoms with van der Waals surface area (Å²) in [6, 6.07) is 0. The zero-order valence-corrected chi connectivity index (χ0v) is 17.8. The molecule has 7 nitrogen and oxygen atoms in total. The Morgan fingerprint density at radius 3 is 2.70 bits per heavy atom. The molecule has 30 heavy (non-hydrogen) atoms. The van der Waals surface area contributed by atoms with E-state index < -0.39 is 17.4 Å². The number of carbonyl (C=O) groups is 4. The minimum absolute atomic E-state index is 0.0127. The van der Waals surface area contributed by atoms with E-state index >= 15 is 0 Å². The van der Waals surface area contributed by atoms with E-state index in [1.165, 1.54) is 7.11 Å². The van der Waals surface area contributed by atoms with Crippen molar-refractivity contribution in [3.8, 4) is 0 Å². The van der Waals surface area contributed by atoms with Crippen LogP contribution < -0.4 is 5.32 Å². The topological polar surface area (TPSA) is 98.8 Å². The highest BCUT2D eigenvalue weighted by Crippen LogP contribution is 2.59. The summed E-state index contributed by atoms with van der Waals surface area (Å²) in [5.41, 5.74) is 0.439. The summed E-state index contributed by atoms with van der Waals surface area (Å²) in [4.78, 5) is 48.5. The van der Waals surface area contributed by atoms with E-state index in [9.17, 15) is 19.2 Å². The summed E-state index contributed by atoms with van der Waals surface area (Å²) in [6.45, 7) is 8.17. The van der Waals surface area contributed by atoms with E-state index in [1.807, 2.05) is 6.08 Å². The Bertz CT molecular complexity index is 856. The fraction of sp³-hybridized carbons (Fsp3) is 0.565. The molecule has 3 rings (SSSR count). The van der Waals surface area contributed by atoms with E-state index in [4.69, 9.17) is 9.47 Å². The van der Waals surface area contributed by atoms with Crippen LogP contribution in [0.3, 0.4) is 0 Å². The van der Waals surface area contributed by atoms with Crippen LogP contribution in [-0.2, 0) is 28.7 Å². The number of nitrogens with one attached hydrogen (secondary N) is 1. The second-order valence-corrected chi connectivity index (χ2v) is 8.78. The van der Waals surface area contributed by atoms with Crippen molar-refractivity contribution in [2.45, 2.75) is 39.5 Å². The van der Waals surface area contributed by atoms with Gasteiger partial charge in [0.2, 0.25) is 0 Å². The Kier molecular flexibility index (Phi) is 6.01. The average molecular weight is 415 g/mol. The largest absolute Gasteiger partial charge is 0.468 e. The molecule has 0 saturated heterocycles. The number of allylic oxidation sites excluding steroid dienone is 2. The number of methoxy groups -OCH3 is 1. The summed E-state index contributed by atoms with van der Waals surface area (Å²) in [5, 5.41) is 3.01. The molecule has 0 bridgehead atoms. The summed E-state index contributed by atoms with van der Waals surface area (Å²) in [5.74, 6) is -1.23. The molecular weight excluding hydrogens is 386 g/mol. The average Bonchev–Trinajstić information content (AvgIpc) is 3.15. The van der Waals surface area contributed by atoms with Gasteiger partial charge in [-0.1, -0.05) is 25.2 Å². The van der Waals surface area contributed by atoms with Crippen molar-refractivity contribution in [2.24, 2.45) is 22.7 Å². The number of ether oxygens (including phenoxy) is 2. The number of fused-ring (bicyclic) bond motifs is 1. The van der Waals surface area contributed by atoms with Gasteiger partial charge < -0.3 is 19.6 Å². The molecule has 1 N–H and O–H groups in total. The van der Waals surface area contributed by atoms with Gasteiger partial charge in [-0.2, -0.15) is 0 Å². The van der Waals surface area contributed by atoms with Gasteiger partial charge in [-0.25, -0.2) is 4.79 Å². The summed E-state index contributed by atoms with van der Waals surface area (Å²) < 4.78 is 9.75. The van der Waals surface area contributed by atoms with Crippen LogP contribution in [0.25, 0.3) is 0 Å². The minimum Gasteiger partial charge on any atom is -0.468 e. The van der Waals surface area contributed by atoms with Gasteiger partial charge >= 0.3 is 11.9 Å². The molecule has 0 aromatic heterocycles. The van der Waals surface area contributed by atoms with Gasteiger partial charge in [0.05, 0.1) is 18.1 Å². The van der Waals surface area contributed by atoms with Gasteiger partial charge in [0, 0.05) is 18.0 Å². The second-order valence-electron chi connectivity index (χ2n) is 8.78. The Morgan fingerprint density at radius 1 is 1.37 bits per heavy atom. The Labute approximate surface area is 176 Å². The molecular formula is C23H29NO6. The molecule has 2 unspecified atom stereocenters. The predicted octanol–water partition coefficient (Wildman–Crippen LogP) is 2.27. The normalized spacial score (nSPS) is 34.0. The number of ketones is 1. The quantitative estimate of drug-likeness (QED) is 0.307. The molecule has 2 saturated carbocycles. The third-order valence-corrected chi connectivity index (χ3v) is 7.16. The molecule has 3 aliphatic rings. The number of rotatable bonds is 6. The highest BCUT2D eigenvalue weighted by atomic mass is 16.5. The van der Waals surface area contributed by atoms with Crippen LogP contribution in [0, 0.1) is 22.7 Å². The van der Waals surface area contributed by atoms with E-state index in [0.29, 0.717) is 30.5 Å². The first kappa shape index (κ1) is 22.0. The van der Waals surface area contributed by atoms with Crippen LogP contribution in [0.4, 0.5) is 0 Å². The number of carbonyl (C=O) groups excluding carboxylic acids is 4. The minimum atomic E-state index is -1.02. The first-order valence-corrected chi connectivity index (χ1v) is 10.2. The lowest BCUT2D eigenvalue weighted by molar-refractivity contribution is -0.150. The first-order chi connectivity index (χ1) is 14.2. The highest BCUT2D eigenvalue weighted by Gasteiger charge is 2.57. The number of aldehydes is 1. The van der Waals surface area contributed by atoms with Crippen molar-refractivity contribution in [3.63, 3.8) is 0 Å². The van der Waals surface area contributed by atoms with Crippen LogP contribution in [0.1, 0.15) is 39.5 Å². The Balaban J connectivity index is 2.02. The van der Waals surface area contributed by atoms with E-state index in [-0.39, 0.29) is 36.2 Å². The van der Waals surface area contributed by atoms with Crippen LogP contribution in [0.2, 0.25) is 0 Å². The zero-order valence-electron chi connectivity index (χ0n) is 17.8. The maximum Gasteiger partial charge on any atom is 0.340 e. The molecule has 162 valence electrons. The number of hydrogen-bond acceptors (Lipinski definition) is 7. The molecule has 0 aromatic carbocycles. The van der Waals surface area contributed by atoms with Gasteiger partial charge in [-0.05, 0) is 43.6 Å². The van der Waals surface area contributed by atoms with Crippen LogP contribution in [0.15, 0.2) is 35.6 Å². The van der Waals surface area contributed by atoms with Gasteiger partial charge in [0.15, 0.2) is 0 Å². The third-order valence-electron chi connectivity index (χ3n) is 7.16. The van der Waals surface area contributed by atoms with Crippen LogP contribution in [-0.4, -0.2) is 44.3 Å². The summed E-state index contributed by atoms with van der Waals surface area (Å²) in [6.07, 6.45) is 6.76. The highest BCUT2D eigenvalue weighted by molar-refractivity contribution is 5.99. The third kappa shape index (κ3) is 3.61. The standard InChI is InChI=1S/C23H29NO6/c1-14-5-6-18-22(2,9-7-19(26)23(18,3)13-25)16(14)11-17(24-12-20(27)29-4)15-8-10-30-21(15)28/h8,11,13,16,18,24H,1,5-7,9-10,12H2,2-4H3/t16?,18?,22-,23-/m0/s1. The summed E-state index contributed by atoms with van der Waals surface area (Å²) >= 11 is 0. The van der Waals surface area contributed by atoms with Crippen LogP contribution >= 0.6 is 0 Å². The first-order valence-electron chi connectivity index (χ1n) is 10.2. The molecule has 0 radical (unpaired) electrons. The number of esters is 2. The molecule has 4 atom stereocenters. The van der Waals surface area contributed by atoms with E-state index in [2.05, 4.69) is 18.8 Å². The van der Waals surface area contributed by atoms with Gasteiger partial charge in [-0.3, -0.25) is 9.59 Å². The predicted molar refractivity (Wildman–Crippen MR) is 109 cm³/mol. The Morgan fingerprint density at radius 2 is 2.10 bits per heavy atom. The van der Waals surface area contributed by atoms with E-state index in [0.717, 1.165) is 18.3 Å². The lowest BCUT2D eigenvalue weighted by Crippen LogP contribution is -2.54. The Hall–Kier alpha value is -2.70. The van der Waals surface area contributed by atoms with Crippen molar-refractivity contribution in [3.05, 3.63) is 35.6 Å². The molecule has 2 fully saturated rings. The molecule has 0 amide bonds. The monoisotopic (exact) mass is 415 g/mol. The van der Waals surface area contributed by atoms with Crippen LogP contribution in [0.5, 0.6) is 0 Å². The number of hydrogen-bond donors (Lipinski definition) is 1. The lowest BCUT2D eigenvalue weighted by Gasteiger charge is -2.55. The molecule has 1 heterocycles. The fourth-order valence-electron chi connectivity index (χ4n) is 5.35. The van der Waals surface area contributed by atoms with Crippen molar-refractivity contribution < 1.29 is 28.7 Å². The van der Waals surface area contributed by atoms with Gasteiger partial charge in [0.25, 0.3) is 0 Å².